The number of carbonyl (C=O) groups is 6. The van der Waals surface area contributed by atoms with Gasteiger partial charge in [0.15, 0.2) is 17.9 Å². The highest BCUT2D eigenvalue weighted by Crippen LogP contribution is 2.23. The number of Topliss-reactive ketones (excluding diaryl/α,β-unsaturated/α-hetero) is 1. The van der Waals surface area contributed by atoms with Crippen LogP contribution in [0, 0.1) is 11.8 Å². The summed E-state index contributed by atoms with van der Waals surface area (Å²) in [5.41, 5.74) is 0.619. The molecule has 0 radical (unpaired) electrons. The first kappa shape index (κ1) is 37.2. The van der Waals surface area contributed by atoms with Crippen LogP contribution < -0.4 is 16.0 Å². The first-order chi connectivity index (χ1) is 22.5. The maximum absolute atomic E-state index is 13.8. The van der Waals surface area contributed by atoms with Crippen molar-refractivity contribution in [1.82, 2.24) is 20.9 Å². The number of aromatic nitrogens is 1. The van der Waals surface area contributed by atoms with E-state index in [2.05, 4.69) is 27.9 Å². The van der Waals surface area contributed by atoms with Crippen LogP contribution in [0.25, 0.3) is 10.9 Å². The zero-order chi connectivity index (χ0) is 34.5. The van der Waals surface area contributed by atoms with Crippen LogP contribution in [-0.2, 0) is 28.7 Å². The molecule has 1 aromatic carbocycles. The van der Waals surface area contributed by atoms with Gasteiger partial charge < -0.3 is 41.0 Å². The lowest BCUT2D eigenvalue weighted by Crippen LogP contribution is -2.59. The van der Waals surface area contributed by atoms with E-state index in [-0.39, 0.29) is 18.6 Å². The lowest BCUT2D eigenvalue weighted by atomic mass is 9.87. The van der Waals surface area contributed by atoms with Crippen LogP contribution in [0.5, 0.6) is 0 Å². The number of rotatable bonds is 13. The first-order valence-electron chi connectivity index (χ1n) is 16.2. The van der Waals surface area contributed by atoms with E-state index in [1.165, 1.54) is 13.1 Å². The molecule has 1 aromatic heterocycles. The molecule has 258 valence electrons. The third kappa shape index (κ3) is 10.3. The quantitative estimate of drug-likeness (QED) is 0.0712. The highest BCUT2D eigenvalue weighted by atomic mass is 16.5. The van der Waals surface area contributed by atoms with Crippen LogP contribution in [0.4, 0.5) is 0 Å². The molecule has 2 aromatic rings. The van der Waals surface area contributed by atoms with Crippen molar-refractivity contribution in [3.05, 3.63) is 36.0 Å². The first-order valence-corrected chi connectivity index (χ1v) is 16.2. The number of ether oxygens (including phenoxy) is 1. The van der Waals surface area contributed by atoms with Crippen molar-refractivity contribution in [2.45, 2.75) is 95.9 Å². The Labute approximate surface area is 273 Å². The summed E-state index contributed by atoms with van der Waals surface area (Å²) in [6.45, 7) is 2.32. The second-order valence-corrected chi connectivity index (χ2v) is 12.0. The number of unbranched alkanes of at least 4 members (excludes halogenated alkanes) is 5. The summed E-state index contributed by atoms with van der Waals surface area (Å²) in [7, 11) is 0. The van der Waals surface area contributed by atoms with Crippen molar-refractivity contribution in [2.24, 2.45) is 11.8 Å². The maximum atomic E-state index is 13.8. The summed E-state index contributed by atoms with van der Waals surface area (Å²) in [5.74, 6) is -7.90. The van der Waals surface area contributed by atoms with E-state index in [9.17, 15) is 44.1 Å². The van der Waals surface area contributed by atoms with Crippen LogP contribution in [0.3, 0.4) is 0 Å². The summed E-state index contributed by atoms with van der Waals surface area (Å²) in [5, 5.41) is 38.0. The number of aromatic amines is 1. The van der Waals surface area contributed by atoms with Gasteiger partial charge in [-0.15, -0.1) is 0 Å². The fraction of sp³-hybridized carbons (Fsp3) is 0.576. The highest BCUT2D eigenvalue weighted by Gasteiger charge is 2.38. The van der Waals surface area contributed by atoms with E-state index >= 15 is 0 Å². The molecule has 7 N–H and O–H groups in total. The molecular formula is C33H46N4O10. The SMILES string of the molecule is CCCCCCCCC1COC(=O)[C@H](CO)NC(=O)[C@H](C(=O)c2c[nH]c3ccccc23)NC(=O)[C@@H](CCC(=O)O)NC(=O)[C@@H](C)[C@H]1O. The molecular weight excluding hydrogens is 612 g/mol. The Morgan fingerprint density at radius 1 is 0.894 bits per heavy atom. The number of carboxylic acid groups (broad SMARTS) is 1. The smallest absolute Gasteiger partial charge is 0.331 e. The number of ketones is 1. The highest BCUT2D eigenvalue weighted by molar-refractivity contribution is 6.20. The predicted molar refractivity (Wildman–Crippen MR) is 170 cm³/mol. The van der Waals surface area contributed by atoms with Gasteiger partial charge in [0.2, 0.25) is 11.8 Å². The number of carbonyl (C=O) groups excluding carboxylic acids is 5. The number of benzene rings is 1. The van der Waals surface area contributed by atoms with Crippen molar-refractivity contribution in [3.63, 3.8) is 0 Å². The fourth-order valence-corrected chi connectivity index (χ4v) is 5.59. The van der Waals surface area contributed by atoms with E-state index in [1.54, 1.807) is 24.3 Å². The Bertz CT molecular complexity index is 1410. The van der Waals surface area contributed by atoms with Gasteiger partial charge in [0.1, 0.15) is 6.04 Å². The summed E-state index contributed by atoms with van der Waals surface area (Å²) >= 11 is 0. The van der Waals surface area contributed by atoms with Gasteiger partial charge in [-0.05, 0) is 18.9 Å². The number of amides is 3. The number of H-pyrrole nitrogens is 1. The molecule has 1 fully saturated rings. The Hall–Kier alpha value is -4.30. The standard InChI is InChI=1S/C33H46N4O10/c1-3-4-5-6-7-8-11-20-18-47-33(46)25(17-38)36-32(45)27(29(42)22-16-34-23-13-10-9-12-21(22)23)37-31(44)24(14-15-26(39)40)35-30(43)19(2)28(20)41/h9-10,12-13,16,19-20,24-25,27-28,34,38,41H,3-8,11,14-15,17-18H2,1-2H3,(H,35,43)(H,36,45)(H,37,44)(H,39,40)/t19-,20?,24+,25-,27-,28+/m0/s1. The van der Waals surface area contributed by atoms with Crippen molar-refractivity contribution < 1.29 is 48.8 Å². The number of para-hydroxylation sites is 1. The molecule has 3 rings (SSSR count). The molecule has 0 bridgehead atoms. The summed E-state index contributed by atoms with van der Waals surface area (Å²) in [4.78, 5) is 81.6. The van der Waals surface area contributed by atoms with Crippen LogP contribution in [0.2, 0.25) is 0 Å². The molecule has 14 nitrogen and oxygen atoms in total. The minimum atomic E-state index is -1.94. The lowest BCUT2D eigenvalue weighted by Gasteiger charge is -2.28. The molecule has 1 unspecified atom stereocenters. The third-order valence-electron chi connectivity index (χ3n) is 8.51. The third-order valence-corrected chi connectivity index (χ3v) is 8.51. The second-order valence-electron chi connectivity index (χ2n) is 12.0. The Kier molecular flexibility index (Phi) is 14.3. The number of nitrogens with one attached hydrogen (secondary N) is 4. The van der Waals surface area contributed by atoms with Gasteiger partial charge in [-0.2, -0.15) is 0 Å². The minimum absolute atomic E-state index is 0.0440. The largest absolute Gasteiger partial charge is 0.481 e. The van der Waals surface area contributed by atoms with Crippen molar-refractivity contribution in [3.8, 4) is 0 Å². The molecule has 0 spiro atoms. The molecule has 1 aliphatic rings. The molecule has 14 heteroatoms. The number of fused-ring (bicyclic) bond motifs is 1. The van der Waals surface area contributed by atoms with Gasteiger partial charge in [-0.1, -0.05) is 70.6 Å². The van der Waals surface area contributed by atoms with E-state index in [4.69, 9.17) is 4.74 Å². The van der Waals surface area contributed by atoms with Gasteiger partial charge in [-0.3, -0.25) is 24.0 Å². The number of hydrogen-bond donors (Lipinski definition) is 7. The van der Waals surface area contributed by atoms with E-state index in [0.29, 0.717) is 23.7 Å². The molecule has 0 saturated carbocycles. The van der Waals surface area contributed by atoms with Gasteiger partial charge in [-0.25, -0.2) is 4.79 Å². The van der Waals surface area contributed by atoms with Gasteiger partial charge in [0.05, 0.1) is 25.2 Å². The fourth-order valence-electron chi connectivity index (χ4n) is 5.59. The zero-order valence-electron chi connectivity index (χ0n) is 26.8. The van der Waals surface area contributed by atoms with Gasteiger partial charge >= 0.3 is 11.9 Å². The van der Waals surface area contributed by atoms with Crippen LogP contribution >= 0.6 is 0 Å². The number of aliphatic hydroxyl groups is 2. The number of aliphatic hydroxyl groups excluding tert-OH is 2. The number of cyclic esters (lactones) is 1. The zero-order valence-corrected chi connectivity index (χ0v) is 26.8. The van der Waals surface area contributed by atoms with Crippen LogP contribution in [0.15, 0.2) is 30.5 Å². The molecule has 6 atom stereocenters. The molecule has 3 amide bonds. The van der Waals surface area contributed by atoms with Crippen LogP contribution in [0.1, 0.15) is 82.0 Å². The van der Waals surface area contributed by atoms with E-state index in [0.717, 1.165) is 32.1 Å². The second kappa shape index (κ2) is 18.1. The normalized spacial score (nSPS) is 24.8. The Balaban J connectivity index is 1.95. The minimum Gasteiger partial charge on any atom is -0.481 e. The summed E-state index contributed by atoms with van der Waals surface area (Å²) in [6.07, 6.45) is 5.28. The van der Waals surface area contributed by atoms with E-state index < -0.39 is 84.5 Å². The number of esters is 1. The van der Waals surface area contributed by atoms with Gasteiger partial charge in [0, 0.05) is 35.0 Å². The maximum Gasteiger partial charge on any atom is 0.331 e. The summed E-state index contributed by atoms with van der Waals surface area (Å²) < 4.78 is 5.42. The van der Waals surface area contributed by atoms with E-state index in [1.807, 2.05) is 0 Å². The summed E-state index contributed by atoms with van der Waals surface area (Å²) in [6, 6.07) is 1.68. The topological polar surface area (TPSA) is 224 Å². The van der Waals surface area contributed by atoms with Gasteiger partial charge in [0.25, 0.3) is 5.91 Å². The number of carboxylic acids is 1. The number of aliphatic carboxylic acids is 1. The molecule has 1 aliphatic heterocycles. The predicted octanol–water partition coefficient (Wildman–Crippen LogP) is 1.58. The lowest BCUT2D eigenvalue weighted by molar-refractivity contribution is -0.152. The van der Waals surface area contributed by atoms with Crippen molar-refractivity contribution in [1.29, 1.82) is 0 Å². The average molecular weight is 659 g/mol. The monoisotopic (exact) mass is 658 g/mol. The van der Waals surface area contributed by atoms with Crippen molar-refractivity contribution in [2.75, 3.05) is 13.2 Å². The molecule has 0 aliphatic carbocycles. The molecule has 1 saturated heterocycles. The Morgan fingerprint density at radius 3 is 2.28 bits per heavy atom. The van der Waals surface area contributed by atoms with Crippen molar-refractivity contribution >= 4 is 46.3 Å². The Morgan fingerprint density at radius 2 is 1.57 bits per heavy atom. The molecule has 47 heavy (non-hydrogen) atoms. The average Bonchev–Trinajstić information content (AvgIpc) is 3.49. The number of hydrogen-bond acceptors (Lipinski definition) is 9. The van der Waals surface area contributed by atoms with Crippen LogP contribution in [-0.4, -0.2) is 93.2 Å². The molecule has 2 heterocycles.